The van der Waals surface area contributed by atoms with Crippen LogP contribution in [0.4, 0.5) is 13.2 Å². The summed E-state index contributed by atoms with van der Waals surface area (Å²) in [7, 11) is 1.30. The van der Waals surface area contributed by atoms with Crippen LogP contribution in [-0.2, 0) is 11.3 Å². The van der Waals surface area contributed by atoms with Crippen molar-refractivity contribution in [1.29, 1.82) is 0 Å². The molecule has 1 saturated heterocycles. The van der Waals surface area contributed by atoms with Crippen LogP contribution >= 0.6 is 11.3 Å². The Bertz CT molecular complexity index is 507. The van der Waals surface area contributed by atoms with Crippen molar-refractivity contribution in [3.05, 3.63) is 21.9 Å². The van der Waals surface area contributed by atoms with Crippen molar-refractivity contribution in [1.82, 2.24) is 4.90 Å². The molecule has 0 bridgehead atoms. The van der Waals surface area contributed by atoms with Gasteiger partial charge < -0.3 is 9.84 Å². The van der Waals surface area contributed by atoms with Gasteiger partial charge in [-0.2, -0.15) is 13.2 Å². The number of halogens is 3. The van der Waals surface area contributed by atoms with Crippen LogP contribution < -0.4 is 0 Å². The van der Waals surface area contributed by atoms with E-state index in [0.29, 0.717) is 11.4 Å². The Hall–Kier alpha value is -1.12. The van der Waals surface area contributed by atoms with E-state index in [4.69, 9.17) is 0 Å². The van der Waals surface area contributed by atoms with Crippen LogP contribution in [0, 0.1) is 0 Å². The number of methoxy groups -OCH3 is 1. The molecule has 118 valence electrons. The van der Waals surface area contributed by atoms with Crippen LogP contribution in [0.15, 0.2) is 12.1 Å². The van der Waals surface area contributed by atoms with Gasteiger partial charge in [0.15, 0.2) is 5.60 Å². The summed E-state index contributed by atoms with van der Waals surface area (Å²) < 4.78 is 42.7. The lowest BCUT2D eigenvalue weighted by atomic mass is 9.91. The monoisotopic (exact) mass is 323 g/mol. The summed E-state index contributed by atoms with van der Waals surface area (Å²) in [5.74, 6) is -0.420. The lowest BCUT2D eigenvalue weighted by molar-refractivity contribution is -0.272. The van der Waals surface area contributed by atoms with Crippen molar-refractivity contribution in [2.45, 2.75) is 31.2 Å². The Kier molecular flexibility index (Phi) is 4.60. The number of aliphatic hydroxyl groups is 1. The van der Waals surface area contributed by atoms with Gasteiger partial charge in [0.2, 0.25) is 0 Å². The van der Waals surface area contributed by atoms with E-state index in [-0.39, 0.29) is 25.9 Å². The van der Waals surface area contributed by atoms with Gasteiger partial charge >= 0.3 is 12.1 Å². The standard InChI is InChI=1S/C13H16F3NO3S/c1-20-11(18)10-3-2-9(21-10)8-17-6-4-12(19,5-7-17)13(14,15)16/h2-3,19H,4-8H2,1H3. The van der Waals surface area contributed by atoms with Crippen molar-refractivity contribution in [2.24, 2.45) is 0 Å². The first-order valence-electron chi connectivity index (χ1n) is 6.44. The molecular weight excluding hydrogens is 307 g/mol. The van der Waals surface area contributed by atoms with Gasteiger partial charge in [0.1, 0.15) is 4.88 Å². The van der Waals surface area contributed by atoms with Gasteiger partial charge in [-0.3, -0.25) is 4.90 Å². The minimum atomic E-state index is -4.58. The molecule has 1 fully saturated rings. The van der Waals surface area contributed by atoms with Crippen molar-refractivity contribution in [2.75, 3.05) is 20.2 Å². The fourth-order valence-electron chi connectivity index (χ4n) is 2.26. The molecule has 1 N–H and O–H groups in total. The minimum absolute atomic E-state index is 0.168. The maximum Gasteiger partial charge on any atom is 0.417 e. The topological polar surface area (TPSA) is 49.8 Å². The highest BCUT2D eigenvalue weighted by atomic mass is 32.1. The molecule has 1 aromatic heterocycles. The first kappa shape index (κ1) is 16.3. The summed E-state index contributed by atoms with van der Waals surface area (Å²) >= 11 is 1.26. The number of rotatable bonds is 3. The largest absolute Gasteiger partial charge is 0.465 e. The van der Waals surface area contributed by atoms with Gasteiger partial charge in [-0.25, -0.2) is 4.79 Å². The third-order valence-electron chi connectivity index (χ3n) is 3.64. The molecular formula is C13H16F3NO3S. The smallest absolute Gasteiger partial charge is 0.417 e. The summed E-state index contributed by atoms with van der Waals surface area (Å²) in [5.41, 5.74) is -2.57. The van der Waals surface area contributed by atoms with Crippen molar-refractivity contribution < 1.29 is 27.8 Å². The van der Waals surface area contributed by atoms with Crippen LogP contribution in [0.25, 0.3) is 0 Å². The molecule has 0 spiro atoms. The molecule has 0 saturated carbocycles. The number of piperidine rings is 1. The number of nitrogens with zero attached hydrogens (tertiary/aromatic N) is 1. The molecule has 2 rings (SSSR count). The van der Waals surface area contributed by atoms with E-state index in [2.05, 4.69) is 4.74 Å². The summed E-state index contributed by atoms with van der Waals surface area (Å²) in [4.78, 5) is 14.5. The average Bonchev–Trinajstić information content (AvgIpc) is 2.88. The van der Waals surface area contributed by atoms with Crippen LogP contribution in [0.5, 0.6) is 0 Å². The molecule has 0 aromatic carbocycles. The molecule has 1 aromatic rings. The molecule has 4 nitrogen and oxygen atoms in total. The highest BCUT2D eigenvalue weighted by Gasteiger charge is 2.54. The fourth-order valence-corrected chi connectivity index (χ4v) is 3.23. The van der Waals surface area contributed by atoms with Crippen molar-refractivity contribution in [3.63, 3.8) is 0 Å². The second-order valence-electron chi connectivity index (χ2n) is 5.06. The Morgan fingerprint density at radius 2 is 2.05 bits per heavy atom. The maximum atomic E-state index is 12.7. The van der Waals surface area contributed by atoms with Gasteiger partial charge in [0.05, 0.1) is 7.11 Å². The normalized spacial score (nSPS) is 19.5. The third kappa shape index (κ3) is 3.56. The summed E-state index contributed by atoms with van der Waals surface area (Å²) in [6.45, 7) is 0.804. The average molecular weight is 323 g/mol. The Morgan fingerprint density at radius 3 is 2.57 bits per heavy atom. The zero-order valence-corrected chi connectivity index (χ0v) is 12.3. The summed E-state index contributed by atoms with van der Waals surface area (Å²) in [5, 5.41) is 9.59. The molecule has 0 aliphatic carbocycles. The minimum Gasteiger partial charge on any atom is -0.465 e. The molecule has 0 radical (unpaired) electrons. The molecule has 0 amide bonds. The van der Waals surface area contributed by atoms with E-state index < -0.39 is 17.7 Å². The van der Waals surface area contributed by atoms with E-state index in [0.717, 1.165) is 4.88 Å². The van der Waals surface area contributed by atoms with Crippen LogP contribution in [0.2, 0.25) is 0 Å². The molecule has 2 heterocycles. The number of likely N-dealkylation sites (tertiary alicyclic amines) is 1. The highest BCUT2D eigenvalue weighted by molar-refractivity contribution is 7.13. The quantitative estimate of drug-likeness (QED) is 0.868. The number of carbonyl (C=O) groups is 1. The number of carbonyl (C=O) groups excluding carboxylic acids is 1. The zero-order chi connectivity index (χ0) is 15.7. The molecule has 0 unspecified atom stereocenters. The Balaban J connectivity index is 1.92. The van der Waals surface area contributed by atoms with Gasteiger partial charge in [-0.1, -0.05) is 0 Å². The maximum absolute atomic E-state index is 12.7. The number of ether oxygens (including phenoxy) is 1. The first-order valence-corrected chi connectivity index (χ1v) is 7.25. The molecule has 0 atom stereocenters. The number of esters is 1. The van der Waals surface area contributed by atoms with Crippen molar-refractivity contribution >= 4 is 17.3 Å². The SMILES string of the molecule is COC(=O)c1ccc(CN2CCC(O)(C(F)(F)F)CC2)s1. The van der Waals surface area contributed by atoms with Gasteiger partial charge in [0, 0.05) is 24.5 Å². The molecule has 8 heteroatoms. The molecule has 1 aliphatic rings. The summed E-state index contributed by atoms with van der Waals surface area (Å²) in [6.07, 6.45) is -5.24. The summed E-state index contributed by atoms with van der Waals surface area (Å²) in [6, 6.07) is 3.41. The van der Waals surface area contributed by atoms with Crippen LogP contribution in [0.3, 0.4) is 0 Å². The second kappa shape index (κ2) is 5.94. The zero-order valence-electron chi connectivity index (χ0n) is 11.4. The van der Waals surface area contributed by atoms with Gasteiger partial charge in [-0.05, 0) is 25.0 Å². The Labute approximate surface area is 124 Å². The van der Waals surface area contributed by atoms with E-state index in [1.165, 1.54) is 18.4 Å². The van der Waals surface area contributed by atoms with E-state index >= 15 is 0 Å². The van der Waals surface area contributed by atoms with Crippen molar-refractivity contribution in [3.8, 4) is 0 Å². The predicted octanol–water partition coefficient (Wildman–Crippen LogP) is 2.42. The lowest BCUT2D eigenvalue weighted by Gasteiger charge is -2.38. The fraction of sp³-hybridized carbons (Fsp3) is 0.615. The second-order valence-corrected chi connectivity index (χ2v) is 6.23. The number of hydrogen-bond donors (Lipinski definition) is 1. The highest BCUT2D eigenvalue weighted by Crippen LogP contribution is 2.38. The number of hydrogen-bond acceptors (Lipinski definition) is 5. The molecule has 21 heavy (non-hydrogen) atoms. The van der Waals surface area contributed by atoms with Crippen LogP contribution in [-0.4, -0.2) is 48.0 Å². The first-order chi connectivity index (χ1) is 9.75. The van der Waals surface area contributed by atoms with Gasteiger partial charge in [-0.15, -0.1) is 11.3 Å². The Morgan fingerprint density at radius 1 is 1.43 bits per heavy atom. The number of alkyl halides is 3. The van der Waals surface area contributed by atoms with Gasteiger partial charge in [0.25, 0.3) is 0 Å². The number of thiophene rings is 1. The van der Waals surface area contributed by atoms with Crippen LogP contribution in [0.1, 0.15) is 27.4 Å². The molecule has 1 aliphatic heterocycles. The van der Waals surface area contributed by atoms with E-state index in [1.54, 1.807) is 12.1 Å². The third-order valence-corrected chi connectivity index (χ3v) is 4.69. The van der Waals surface area contributed by atoms with E-state index in [1.807, 2.05) is 4.90 Å². The lowest BCUT2D eigenvalue weighted by Crippen LogP contribution is -2.53. The van der Waals surface area contributed by atoms with E-state index in [9.17, 15) is 23.1 Å². The predicted molar refractivity (Wildman–Crippen MR) is 71.2 cm³/mol.